The quantitative estimate of drug-likeness (QED) is 0.940. The zero-order chi connectivity index (χ0) is 15.6. The van der Waals surface area contributed by atoms with Crippen LogP contribution in [-0.4, -0.2) is 14.2 Å². The monoisotopic (exact) mass is 293 g/mol. The van der Waals surface area contributed by atoms with Crippen LogP contribution in [0.4, 0.5) is 8.78 Å². The van der Waals surface area contributed by atoms with Gasteiger partial charge in [-0.25, -0.2) is 8.78 Å². The zero-order valence-electron chi connectivity index (χ0n) is 12.1. The molecule has 5 heteroatoms. The van der Waals surface area contributed by atoms with E-state index < -0.39 is 17.7 Å². The second-order valence-corrected chi connectivity index (χ2v) is 4.65. The molecule has 112 valence electrons. The van der Waals surface area contributed by atoms with Crippen molar-refractivity contribution in [2.45, 2.75) is 13.0 Å². The number of nitrogens with two attached hydrogens (primary N) is 1. The maximum Gasteiger partial charge on any atom is 0.134 e. The molecule has 0 saturated carbocycles. The van der Waals surface area contributed by atoms with Crippen molar-refractivity contribution in [1.29, 1.82) is 0 Å². The highest BCUT2D eigenvalue weighted by atomic mass is 19.1. The average molecular weight is 293 g/mol. The smallest absolute Gasteiger partial charge is 0.134 e. The summed E-state index contributed by atoms with van der Waals surface area (Å²) >= 11 is 0. The van der Waals surface area contributed by atoms with Gasteiger partial charge in [0.25, 0.3) is 0 Å². The fourth-order valence-corrected chi connectivity index (χ4v) is 2.29. The van der Waals surface area contributed by atoms with Crippen molar-refractivity contribution < 1.29 is 18.3 Å². The van der Waals surface area contributed by atoms with Crippen molar-refractivity contribution in [3.8, 4) is 11.5 Å². The van der Waals surface area contributed by atoms with Crippen LogP contribution in [0.25, 0.3) is 0 Å². The lowest BCUT2D eigenvalue weighted by Gasteiger charge is -2.20. The van der Waals surface area contributed by atoms with Crippen LogP contribution in [0.5, 0.6) is 11.5 Å². The molecule has 21 heavy (non-hydrogen) atoms. The summed E-state index contributed by atoms with van der Waals surface area (Å²) in [5.41, 5.74) is 6.64. The largest absolute Gasteiger partial charge is 0.496 e. The summed E-state index contributed by atoms with van der Waals surface area (Å²) in [5.74, 6) is -0.515. The van der Waals surface area contributed by atoms with Crippen molar-refractivity contribution in [3.05, 3.63) is 58.7 Å². The van der Waals surface area contributed by atoms with Gasteiger partial charge < -0.3 is 15.2 Å². The van der Waals surface area contributed by atoms with Crippen LogP contribution in [0.15, 0.2) is 30.3 Å². The number of benzene rings is 2. The van der Waals surface area contributed by atoms with Crippen LogP contribution in [0, 0.1) is 18.6 Å². The molecule has 1 atom stereocenters. The van der Waals surface area contributed by atoms with E-state index in [1.165, 1.54) is 26.4 Å². The lowest BCUT2D eigenvalue weighted by atomic mass is 9.95. The number of aryl methyl sites for hydroxylation is 1. The summed E-state index contributed by atoms with van der Waals surface area (Å²) in [6.45, 7) is 1.56. The molecule has 0 amide bonds. The molecule has 0 aliphatic carbocycles. The summed E-state index contributed by atoms with van der Waals surface area (Å²) in [5, 5.41) is 0. The minimum Gasteiger partial charge on any atom is -0.496 e. The number of ether oxygens (including phenoxy) is 2. The van der Waals surface area contributed by atoms with Gasteiger partial charge >= 0.3 is 0 Å². The van der Waals surface area contributed by atoms with E-state index in [9.17, 15) is 8.78 Å². The Kier molecular flexibility index (Phi) is 4.43. The van der Waals surface area contributed by atoms with Crippen molar-refractivity contribution in [1.82, 2.24) is 0 Å². The van der Waals surface area contributed by atoms with Crippen LogP contribution in [0.2, 0.25) is 0 Å². The highest BCUT2D eigenvalue weighted by Crippen LogP contribution is 2.37. The van der Waals surface area contributed by atoms with Gasteiger partial charge in [-0.1, -0.05) is 12.1 Å². The molecule has 0 aliphatic heterocycles. The Morgan fingerprint density at radius 1 is 0.952 bits per heavy atom. The van der Waals surface area contributed by atoms with Crippen molar-refractivity contribution >= 4 is 0 Å². The van der Waals surface area contributed by atoms with E-state index in [0.29, 0.717) is 22.6 Å². The first-order valence-corrected chi connectivity index (χ1v) is 6.42. The van der Waals surface area contributed by atoms with Gasteiger partial charge in [0.2, 0.25) is 0 Å². The number of hydrogen-bond donors (Lipinski definition) is 1. The third-order valence-electron chi connectivity index (χ3n) is 3.41. The molecular weight excluding hydrogens is 276 g/mol. The first-order valence-electron chi connectivity index (χ1n) is 6.42. The average Bonchev–Trinajstić information content (AvgIpc) is 2.50. The fraction of sp³-hybridized carbons (Fsp3) is 0.250. The van der Waals surface area contributed by atoms with Crippen LogP contribution in [0.3, 0.4) is 0 Å². The molecule has 0 saturated heterocycles. The highest BCUT2D eigenvalue weighted by molar-refractivity contribution is 5.51. The minimum atomic E-state index is -1.03. The van der Waals surface area contributed by atoms with Gasteiger partial charge in [0.1, 0.15) is 23.1 Å². The van der Waals surface area contributed by atoms with E-state index in [1.54, 1.807) is 25.1 Å². The lowest BCUT2D eigenvalue weighted by molar-refractivity contribution is 0.380. The summed E-state index contributed by atoms with van der Waals surface area (Å²) < 4.78 is 38.8. The van der Waals surface area contributed by atoms with Gasteiger partial charge in [0.05, 0.1) is 25.8 Å². The maximum absolute atomic E-state index is 14.3. The van der Waals surface area contributed by atoms with Gasteiger partial charge in [-0.15, -0.1) is 0 Å². The molecule has 0 aliphatic rings. The third kappa shape index (κ3) is 2.69. The van der Waals surface area contributed by atoms with Crippen molar-refractivity contribution in [2.75, 3.05) is 14.2 Å². The molecule has 3 nitrogen and oxygen atoms in total. The maximum atomic E-state index is 14.3. The van der Waals surface area contributed by atoms with Crippen LogP contribution >= 0.6 is 0 Å². The fourth-order valence-electron chi connectivity index (χ4n) is 2.29. The molecule has 2 rings (SSSR count). The minimum absolute atomic E-state index is 0.196. The molecule has 2 aromatic carbocycles. The summed E-state index contributed by atoms with van der Waals surface area (Å²) in [7, 11) is 2.93. The van der Waals surface area contributed by atoms with Crippen molar-refractivity contribution in [3.63, 3.8) is 0 Å². The molecular formula is C16H17F2NO2. The molecule has 2 aromatic rings. The van der Waals surface area contributed by atoms with E-state index in [-0.39, 0.29) is 5.56 Å². The standard InChI is InChI=1S/C16H17F2NO2/c1-9-7-8-10(17)13(15(9)18)16(19)14-11(20-2)5-4-6-12(14)21-3/h4-8,16H,19H2,1-3H3. The van der Waals surface area contributed by atoms with E-state index >= 15 is 0 Å². The SMILES string of the molecule is COc1cccc(OC)c1C(N)c1c(F)ccc(C)c1F. The normalized spacial score (nSPS) is 12.1. The Labute approximate surface area is 122 Å². The van der Waals surface area contributed by atoms with Crippen LogP contribution in [-0.2, 0) is 0 Å². The Bertz CT molecular complexity index is 637. The first kappa shape index (κ1) is 15.3. The lowest BCUT2D eigenvalue weighted by Crippen LogP contribution is -2.18. The number of halogens is 2. The Morgan fingerprint density at radius 2 is 1.52 bits per heavy atom. The molecule has 0 bridgehead atoms. The summed E-state index contributed by atoms with van der Waals surface area (Å²) in [4.78, 5) is 0. The molecule has 0 spiro atoms. The van der Waals surface area contributed by atoms with Crippen molar-refractivity contribution in [2.24, 2.45) is 5.73 Å². The molecule has 0 aromatic heterocycles. The van der Waals surface area contributed by atoms with Crippen LogP contribution < -0.4 is 15.2 Å². The summed E-state index contributed by atoms with van der Waals surface area (Å²) in [6, 6.07) is 6.61. The van der Waals surface area contributed by atoms with Crippen LogP contribution in [0.1, 0.15) is 22.7 Å². The number of rotatable bonds is 4. The predicted octanol–water partition coefficient (Wildman–Crippen LogP) is 3.34. The Hall–Kier alpha value is -2.14. The second-order valence-electron chi connectivity index (χ2n) is 4.65. The molecule has 0 radical (unpaired) electrons. The topological polar surface area (TPSA) is 44.5 Å². The highest BCUT2D eigenvalue weighted by Gasteiger charge is 2.25. The number of hydrogen-bond acceptors (Lipinski definition) is 3. The van der Waals surface area contributed by atoms with Gasteiger partial charge in [0, 0.05) is 5.56 Å². The zero-order valence-corrected chi connectivity index (χ0v) is 12.1. The van der Waals surface area contributed by atoms with Gasteiger partial charge in [-0.3, -0.25) is 0 Å². The second kappa shape index (κ2) is 6.10. The Morgan fingerprint density at radius 3 is 2.05 bits per heavy atom. The molecule has 0 heterocycles. The van der Waals surface area contributed by atoms with E-state index in [1.807, 2.05) is 0 Å². The molecule has 2 N–H and O–H groups in total. The van der Waals surface area contributed by atoms with Gasteiger partial charge in [-0.05, 0) is 30.7 Å². The first-order chi connectivity index (χ1) is 10.0. The molecule has 1 unspecified atom stereocenters. The molecule has 0 fully saturated rings. The third-order valence-corrected chi connectivity index (χ3v) is 3.41. The van der Waals surface area contributed by atoms with E-state index in [0.717, 1.165) is 0 Å². The Balaban J connectivity index is 2.65. The van der Waals surface area contributed by atoms with Gasteiger partial charge in [0.15, 0.2) is 0 Å². The van der Waals surface area contributed by atoms with Gasteiger partial charge in [-0.2, -0.15) is 0 Å². The number of methoxy groups -OCH3 is 2. The van der Waals surface area contributed by atoms with E-state index in [4.69, 9.17) is 15.2 Å². The summed E-state index contributed by atoms with van der Waals surface area (Å²) in [6.07, 6.45) is 0. The van der Waals surface area contributed by atoms with E-state index in [2.05, 4.69) is 0 Å². The predicted molar refractivity (Wildman–Crippen MR) is 76.7 cm³/mol.